The molecule has 0 spiro atoms. The van der Waals surface area contributed by atoms with Crippen LogP contribution >= 0.6 is 11.3 Å². The highest BCUT2D eigenvalue weighted by Gasteiger charge is 2.32. The van der Waals surface area contributed by atoms with E-state index in [0.29, 0.717) is 10.8 Å². The third kappa shape index (κ3) is 2.82. The van der Waals surface area contributed by atoms with Crippen molar-refractivity contribution in [1.82, 2.24) is 4.98 Å². The second-order valence-corrected chi connectivity index (χ2v) is 6.27. The maximum absolute atomic E-state index is 11.2. The molecule has 5 heteroatoms. The number of benzene rings is 1. The number of carbonyl (C=O) groups is 1. The molecule has 0 aliphatic rings. The molecular weight excluding hydrogens is 272 g/mol. The van der Waals surface area contributed by atoms with E-state index in [1.54, 1.807) is 19.2 Å². The standard InChI is InChI=1S/C15H18N2O2S/c1-9-5-6-11(10(2)7-9)16-14-17-12(8-20-14)15(3,4)13(18)19/h5-8H,1-4H3,(H,16,17)(H,18,19). The fraction of sp³-hybridized carbons (Fsp3) is 0.333. The lowest BCUT2D eigenvalue weighted by atomic mass is 9.90. The van der Waals surface area contributed by atoms with E-state index in [-0.39, 0.29) is 0 Å². The average Bonchev–Trinajstić information content (AvgIpc) is 2.81. The Balaban J connectivity index is 2.24. The van der Waals surface area contributed by atoms with E-state index in [2.05, 4.69) is 16.4 Å². The molecule has 4 nitrogen and oxygen atoms in total. The van der Waals surface area contributed by atoms with Gasteiger partial charge in [0, 0.05) is 11.1 Å². The smallest absolute Gasteiger partial charge is 0.315 e. The summed E-state index contributed by atoms with van der Waals surface area (Å²) < 4.78 is 0. The lowest BCUT2D eigenvalue weighted by molar-refractivity contribution is -0.142. The van der Waals surface area contributed by atoms with Gasteiger partial charge in [-0.25, -0.2) is 4.98 Å². The monoisotopic (exact) mass is 290 g/mol. The maximum atomic E-state index is 11.2. The fourth-order valence-corrected chi connectivity index (χ4v) is 2.69. The van der Waals surface area contributed by atoms with Crippen molar-refractivity contribution in [2.24, 2.45) is 0 Å². The zero-order valence-corrected chi connectivity index (χ0v) is 12.8. The topological polar surface area (TPSA) is 62.2 Å². The van der Waals surface area contributed by atoms with Gasteiger partial charge in [0.25, 0.3) is 0 Å². The van der Waals surface area contributed by atoms with Crippen LogP contribution in [-0.4, -0.2) is 16.1 Å². The number of nitrogens with zero attached hydrogens (tertiary/aromatic N) is 1. The number of anilines is 2. The maximum Gasteiger partial charge on any atom is 0.315 e. The van der Waals surface area contributed by atoms with Crippen LogP contribution in [0.5, 0.6) is 0 Å². The van der Waals surface area contributed by atoms with Gasteiger partial charge in [-0.15, -0.1) is 11.3 Å². The van der Waals surface area contributed by atoms with Crippen molar-refractivity contribution in [3.63, 3.8) is 0 Å². The van der Waals surface area contributed by atoms with Crippen LogP contribution in [0.2, 0.25) is 0 Å². The number of aromatic nitrogens is 1. The molecule has 1 aromatic carbocycles. The summed E-state index contributed by atoms with van der Waals surface area (Å²) in [6, 6.07) is 6.14. The molecule has 0 aliphatic carbocycles. The predicted molar refractivity (Wildman–Crippen MR) is 82.0 cm³/mol. The van der Waals surface area contributed by atoms with Crippen molar-refractivity contribution in [2.45, 2.75) is 33.1 Å². The lowest BCUT2D eigenvalue weighted by Gasteiger charge is -2.15. The van der Waals surface area contributed by atoms with E-state index in [1.807, 2.05) is 26.0 Å². The SMILES string of the molecule is Cc1ccc(Nc2nc(C(C)(C)C(=O)O)cs2)c(C)c1. The molecule has 1 heterocycles. The summed E-state index contributed by atoms with van der Waals surface area (Å²) in [5.41, 5.74) is 2.93. The second-order valence-electron chi connectivity index (χ2n) is 5.41. The van der Waals surface area contributed by atoms with Gasteiger partial charge in [0.15, 0.2) is 5.13 Å². The van der Waals surface area contributed by atoms with Crippen LogP contribution in [0.1, 0.15) is 30.7 Å². The molecule has 1 aromatic heterocycles. The predicted octanol–water partition coefficient (Wildman–Crippen LogP) is 3.87. The molecule has 2 N–H and O–H groups in total. The van der Waals surface area contributed by atoms with Gasteiger partial charge in [0.05, 0.1) is 5.69 Å². The normalized spacial score (nSPS) is 11.4. The molecule has 0 atom stereocenters. The molecule has 0 saturated carbocycles. The summed E-state index contributed by atoms with van der Waals surface area (Å²) in [5, 5.41) is 15.0. The molecule has 0 amide bonds. The first-order chi connectivity index (χ1) is 9.30. The second kappa shape index (κ2) is 5.25. The summed E-state index contributed by atoms with van der Waals surface area (Å²) in [6.45, 7) is 7.40. The molecule has 0 bridgehead atoms. The highest BCUT2D eigenvalue weighted by atomic mass is 32.1. The quantitative estimate of drug-likeness (QED) is 0.897. The van der Waals surface area contributed by atoms with Gasteiger partial charge in [-0.05, 0) is 39.3 Å². The van der Waals surface area contributed by atoms with Crippen molar-refractivity contribution < 1.29 is 9.90 Å². The molecule has 0 aliphatic heterocycles. The first kappa shape index (κ1) is 14.5. The van der Waals surface area contributed by atoms with E-state index in [4.69, 9.17) is 0 Å². The summed E-state index contributed by atoms with van der Waals surface area (Å²) in [6.07, 6.45) is 0. The molecule has 2 rings (SSSR count). The first-order valence-corrected chi connectivity index (χ1v) is 7.22. The summed E-state index contributed by atoms with van der Waals surface area (Å²) in [4.78, 5) is 15.6. The summed E-state index contributed by atoms with van der Waals surface area (Å²) in [7, 11) is 0. The Morgan fingerprint density at radius 3 is 2.65 bits per heavy atom. The Labute approximate surface area is 122 Å². The number of carboxylic acids is 1. The van der Waals surface area contributed by atoms with Gasteiger partial charge in [0.2, 0.25) is 0 Å². The minimum absolute atomic E-state index is 0.572. The minimum Gasteiger partial charge on any atom is -0.481 e. The molecule has 0 fully saturated rings. The van der Waals surface area contributed by atoms with E-state index in [9.17, 15) is 9.90 Å². The minimum atomic E-state index is -0.973. The average molecular weight is 290 g/mol. The number of nitrogens with one attached hydrogen (secondary N) is 1. The molecule has 0 saturated heterocycles. The number of aryl methyl sites for hydroxylation is 2. The van der Waals surface area contributed by atoms with Crippen molar-refractivity contribution >= 4 is 28.1 Å². The summed E-state index contributed by atoms with van der Waals surface area (Å²) in [5.74, 6) is -0.874. The van der Waals surface area contributed by atoms with Crippen molar-refractivity contribution in [2.75, 3.05) is 5.32 Å². The van der Waals surface area contributed by atoms with E-state index in [1.165, 1.54) is 16.9 Å². The molecular formula is C15H18N2O2S. The molecule has 2 aromatic rings. The van der Waals surface area contributed by atoms with Gasteiger partial charge in [-0.3, -0.25) is 4.79 Å². The van der Waals surface area contributed by atoms with E-state index < -0.39 is 11.4 Å². The fourth-order valence-electron chi connectivity index (χ4n) is 1.80. The Morgan fingerprint density at radius 2 is 2.05 bits per heavy atom. The van der Waals surface area contributed by atoms with Crippen LogP contribution in [0.4, 0.5) is 10.8 Å². The molecule has 106 valence electrons. The largest absolute Gasteiger partial charge is 0.481 e. The van der Waals surface area contributed by atoms with Crippen LogP contribution in [0.25, 0.3) is 0 Å². The number of hydrogen-bond acceptors (Lipinski definition) is 4. The van der Waals surface area contributed by atoms with Gasteiger partial charge >= 0.3 is 5.97 Å². The van der Waals surface area contributed by atoms with E-state index in [0.717, 1.165) is 11.3 Å². The van der Waals surface area contributed by atoms with Gasteiger partial charge < -0.3 is 10.4 Å². The van der Waals surface area contributed by atoms with Gasteiger partial charge in [-0.2, -0.15) is 0 Å². The van der Waals surface area contributed by atoms with Crippen molar-refractivity contribution in [1.29, 1.82) is 0 Å². The Morgan fingerprint density at radius 1 is 1.35 bits per heavy atom. The molecule has 20 heavy (non-hydrogen) atoms. The van der Waals surface area contributed by atoms with E-state index >= 15 is 0 Å². The zero-order chi connectivity index (χ0) is 14.9. The van der Waals surface area contributed by atoms with Crippen LogP contribution in [0.15, 0.2) is 23.6 Å². The van der Waals surface area contributed by atoms with Crippen molar-refractivity contribution in [3.8, 4) is 0 Å². The molecule has 0 unspecified atom stereocenters. The van der Waals surface area contributed by atoms with Crippen LogP contribution in [-0.2, 0) is 10.2 Å². The third-order valence-electron chi connectivity index (χ3n) is 3.30. The van der Waals surface area contributed by atoms with Gasteiger partial charge in [-0.1, -0.05) is 17.7 Å². The number of thiazole rings is 1. The van der Waals surface area contributed by atoms with Crippen LogP contribution in [0.3, 0.4) is 0 Å². The Hall–Kier alpha value is -1.88. The lowest BCUT2D eigenvalue weighted by Crippen LogP contribution is -2.28. The number of hydrogen-bond donors (Lipinski definition) is 2. The summed E-state index contributed by atoms with van der Waals surface area (Å²) >= 11 is 1.42. The van der Waals surface area contributed by atoms with Crippen molar-refractivity contribution in [3.05, 3.63) is 40.4 Å². The Kier molecular flexibility index (Phi) is 3.81. The van der Waals surface area contributed by atoms with Crippen LogP contribution < -0.4 is 5.32 Å². The highest BCUT2D eigenvalue weighted by molar-refractivity contribution is 7.13. The number of aliphatic carboxylic acids is 1. The first-order valence-electron chi connectivity index (χ1n) is 6.34. The number of carboxylic acid groups (broad SMARTS) is 1. The third-order valence-corrected chi connectivity index (χ3v) is 4.06. The Bertz CT molecular complexity index is 647. The van der Waals surface area contributed by atoms with Crippen LogP contribution in [0, 0.1) is 13.8 Å². The molecule has 0 radical (unpaired) electrons. The zero-order valence-electron chi connectivity index (χ0n) is 12.0. The highest BCUT2D eigenvalue weighted by Crippen LogP contribution is 2.29. The van der Waals surface area contributed by atoms with Gasteiger partial charge in [0.1, 0.15) is 5.41 Å². The number of rotatable bonds is 4.